The molecule has 2 amide bonds. The van der Waals surface area contributed by atoms with E-state index in [9.17, 15) is 14.7 Å². The van der Waals surface area contributed by atoms with Crippen LogP contribution < -0.4 is 0 Å². The van der Waals surface area contributed by atoms with Crippen LogP contribution in [0.15, 0.2) is 11.6 Å². The first-order chi connectivity index (χ1) is 8.54. The van der Waals surface area contributed by atoms with Crippen LogP contribution in [0, 0.1) is 5.92 Å². The van der Waals surface area contributed by atoms with Gasteiger partial charge >= 0.3 is 6.09 Å². The summed E-state index contributed by atoms with van der Waals surface area (Å²) in [5.41, 5.74) is -0.00154. The van der Waals surface area contributed by atoms with Crippen molar-refractivity contribution in [3.05, 3.63) is 11.6 Å². The molecule has 0 radical (unpaired) electrons. The summed E-state index contributed by atoms with van der Waals surface area (Å²) in [4.78, 5) is 25.0. The summed E-state index contributed by atoms with van der Waals surface area (Å²) in [6.07, 6.45) is -0.134. The van der Waals surface area contributed by atoms with Crippen LogP contribution in [0.1, 0.15) is 41.5 Å². The normalized spacial score (nSPS) is 21.7. The van der Waals surface area contributed by atoms with Gasteiger partial charge in [0, 0.05) is 6.08 Å². The summed E-state index contributed by atoms with van der Waals surface area (Å²) in [6, 6.07) is -0.637. The number of hydrogen-bond donors (Lipinski definition) is 1. The number of aliphatic hydroxyl groups excluding tert-OH is 1. The number of ether oxygens (including phenoxy) is 1. The van der Waals surface area contributed by atoms with Crippen molar-refractivity contribution in [2.45, 2.75) is 59.3 Å². The molecule has 0 aromatic carbocycles. The summed E-state index contributed by atoms with van der Waals surface area (Å²) in [5, 5.41) is 10.2. The highest BCUT2D eigenvalue weighted by atomic mass is 16.6. The Morgan fingerprint density at radius 3 is 2.37 bits per heavy atom. The van der Waals surface area contributed by atoms with Crippen molar-refractivity contribution in [3.63, 3.8) is 0 Å². The molecule has 0 spiro atoms. The number of hydrogen-bond acceptors (Lipinski definition) is 4. The molecule has 5 heteroatoms. The fraction of sp³-hybridized carbons (Fsp3) is 0.714. The smallest absolute Gasteiger partial charge is 0.417 e. The third-order valence-corrected chi connectivity index (χ3v) is 2.93. The van der Waals surface area contributed by atoms with E-state index in [1.54, 1.807) is 27.7 Å². The molecule has 19 heavy (non-hydrogen) atoms. The Balaban J connectivity index is 2.97. The van der Waals surface area contributed by atoms with Gasteiger partial charge in [-0.15, -0.1) is 0 Å². The Labute approximate surface area is 114 Å². The molecule has 1 rings (SSSR count). The van der Waals surface area contributed by atoms with Crippen LogP contribution in [0.4, 0.5) is 4.79 Å². The second-order valence-electron chi connectivity index (χ2n) is 6.26. The first kappa shape index (κ1) is 15.7. The van der Waals surface area contributed by atoms with Crippen LogP contribution in [0.2, 0.25) is 0 Å². The second-order valence-corrected chi connectivity index (χ2v) is 6.26. The molecule has 0 aromatic rings. The quantitative estimate of drug-likeness (QED) is 0.833. The maximum absolute atomic E-state index is 12.1. The zero-order valence-corrected chi connectivity index (χ0v) is 12.4. The molecule has 0 saturated heterocycles. The first-order valence-corrected chi connectivity index (χ1v) is 6.47. The molecule has 1 N–H and O–H groups in total. The summed E-state index contributed by atoms with van der Waals surface area (Å²) in [6.45, 7) is 10.6. The van der Waals surface area contributed by atoms with E-state index in [0.29, 0.717) is 5.57 Å². The lowest BCUT2D eigenvalue weighted by Crippen LogP contribution is -2.49. The summed E-state index contributed by atoms with van der Waals surface area (Å²) < 4.78 is 5.22. The van der Waals surface area contributed by atoms with Gasteiger partial charge in [-0.1, -0.05) is 13.8 Å². The molecule has 1 aliphatic heterocycles. The van der Waals surface area contributed by atoms with E-state index in [-0.39, 0.29) is 5.92 Å². The number of nitrogens with zero attached hydrogens (tertiary/aromatic N) is 1. The molecule has 0 aromatic heterocycles. The molecular formula is C14H23NO4. The third kappa shape index (κ3) is 3.56. The van der Waals surface area contributed by atoms with E-state index in [2.05, 4.69) is 0 Å². The highest BCUT2D eigenvalue weighted by Crippen LogP contribution is 2.27. The third-order valence-electron chi connectivity index (χ3n) is 2.93. The van der Waals surface area contributed by atoms with E-state index in [4.69, 9.17) is 4.74 Å². The van der Waals surface area contributed by atoms with Gasteiger partial charge in [0.05, 0.1) is 12.1 Å². The highest BCUT2D eigenvalue weighted by Gasteiger charge is 2.42. The van der Waals surface area contributed by atoms with Crippen LogP contribution >= 0.6 is 0 Å². The largest absolute Gasteiger partial charge is 0.443 e. The van der Waals surface area contributed by atoms with E-state index < -0.39 is 29.7 Å². The summed E-state index contributed by atoms with van der Waals surface area (Å²) in [5.74, 6) is -0.499. The van der Waals surface area contributed by atoms with Gasteiger partial charge in [-0.3, -0.25) is 4.79 Å². The van der Waals surface area contributed by atoms with Crippen molar-refractivity contribution in [2.24, 2.45) is 5.92 Å². The molecule has 0 aliphatic carbocycles. The zero-order chi connectivity index (χ0) is 15.0. The summed E-state index contributed by atoms with van der Waals surface area (Å²) >= 11 is 0. The Morgan fingerprint density at radius 1 is 1.42 bits per heavy atom. The molecule has 2 unspecified atom stereocenters. The Bertz CT molecular complexity index is 406. The second kappa shape index (κ2) is 5.33. The lowest BCUT2D eigenvalue weighted by molar-refractivity contribution is -0.127. The Morgan fingerprint density at radius 2 is 1.95 bits per heavy atom. The molecule has 1 heterocycles. The van der Waals surface area contributed by atoms with Crippen molar-refractivity contribution in [2.75, 3.05) is 0 Å². The molecule has 5 nitrogen and oxygen atoms in total. The number of carbonyl (C=O) groups excluding carboxylic acids is 2. The number of carbonyl (C=O) groups is 2. The van der Waals surface area contributed by atoms with Gasteiger partial charge in [0.25, 0.3) is 5.91 Å². The van der Waals surface area contributed by atoms with Crippen molar-refractivity contribution >= 4 is 12.0 Å². The number of imide groups is 1. The average Bonchev–Trinajstić information content (AvgIpc) is 2.49. The maximum atomic E-state index is 12.1. The number of rotatable bonds is 2. The standard InChI is InChI=1S/C14H23NO4/c1-8(2)12(17)11-9(3)7-10(16)15(11)13(18)19-14(4,5)6/h7-8,11-12,17H,1-6H3. The molecule has 0 fully saturated rings. The van der Waals surface area contributed by atoms with Crippen LogP contribution in [0.25, 0.3) is 0 Å². The monoisotopic (exact) mass is 269 g/mol. The van der Waals surface area contributed by atoms with Gasteiger partial charge < -0.3 is 9.84 Å². The van der Waals surface area contributed by atoms with Gasteiger partial charge in [0.1, 0.15) is 5.60 Å². The predicted molar refractivity (Wildman–Crippen MR) is 71.5 cm³/mol. The molecule has 2 atom stereocenters. The molecule has 0 bridgehead atoms. The minimum Gasteiger partial charge on any atom is -0.443 e. The van der Waals surface area contributed by atoms with E-state index in [0.717, 1.165) is 4.90 Å². The lowest BCUT2D eigenvalue weighted by Gasteiger charge is -2.32. The fourth-order valence-corrected chi connectivity index (χ4v) is 1.99. The number of aliphatic hydroxyl groups is 1. The van der Waals surface area contributed by atoms with Crippen molar-refractivity contribution in [1.29, 1.82) is 0 Å². The molecule has 0 saturated carbocycles. The van der Waals surface area contributed by atoms with Crippen LogP contribution in [-0.4, -0.2) is 39.8 Å². The van der Waals surface area contributed by atoms with Crippen LogP contribution in [0.5, 0.6) is 0 Å². The van der Waals surface area contributed by atoms with Crippen molar-refractivity contribution in [3.8, 4) is 0 Å². The van der Waals surface area contributed by atoms with Crippen LogP contribution in [0.3, 0.4) is 0 Å². The summed E-state index contributed by atoms with van der Waals surface area (Å²) in [7, 11) is 0. The van der Waals surface area contributed by atoms with Gasteiger partial charge in [-0.25, -0.2) is 9.69 Å². The average molecular weight is 269 g/mol. The molecular weight excluding hydrogens is 246 g/mol. The Kier molecular flexibility index (Phi) is 4.40. The van der Waals surface area contributed by atoms with E-state index >= 15 is 0 Å². The van der Waals surface area contributed by atoms with Gasteiger partial charge in [0.15, 0.2) is 0 Å². The number of amides is 2. The van der Waals surface area contributed by atoms with Gasteiger partial charge in [-0.05, 0) is 39.2 Å². The Hall–Kier alpha value is -1.36. The highest BCUT2D eigenvalue weighted by molar-refractivity contribution is 6.02. The topological polar surface area (TPSA) is 66.8 Å². The first-order valence-electron chi connectivity index (χ1n) is 6.47. The fourth-order valence-electron chi connectivity index (χ4n) is 1.99. The minimum absolute atomic E-state index is 0.0656. The van der Waals surface area contributed by atoms with Crippen LogP contribution in [-0.2, 0) is 9.53 Å². The van der Waals surface area contributed by atoms with Gasteiger partial charge in [-0.2, -0.15) is 0 Å². The van der Waals surface area contributed by atoms with Gasteiger partial charge in [0.2, 0.25) is 0 Å². The van der Waals surface area contributed by atoms with E-state index in [1.165, 1.54) is 6.08 Å². The minimum atomic E-state index is -0.796. The zero-order valence-electron chi connectivity index (χ0n) is 12.4. The van der Waals surface area contributed by atoms with E-state index in [1.807, 2.05) is 13.8 Å². The lowest BCUT2D eigenvalue weighted by atomic mass is 9.95. The molecule has 108 valence electrons. The van der Waals surface area contributed by atoms with Crippen molar-refractivity contribution in [1.82, 2.24) is 4.90 Å². The molecule has 1 aliphatic rings. The SMILES string of the molecule is CC1=CC(=O)N(C(=O)OC(C)(C)C)C1C(O)C(C)C. The predicted octanol–water partition coefficient (Wildman–Crippen LogP) is 2.10. The van der Waals surface area contributed by atoms with Crippen molar-refractivity contribution < 1.29 is 19.4 Å². The maximum Gasteiger partial charge on any atom is 0.417 e.